The van der Waals surface area contributed by atoms with Gasteiger partial charge in [-0.2, -0.15) is 0 Å². The van der Waals surface area contributed by atoms with Gasteiger partial charge in [0, 0.05) is 42.8 Å². The molecular weight excluding hydrogens is 446 g/mol. The summed E-state index contributed by atoms with van der Waals surface area (Å²) >= 11 is 7.28. The Balaban J connectivity index is 1.22. The maximum absolute atomic E-state index is 12.7. The van der Waals surface area contributed by atoms with Crippen molar-refractivity contribution in [3.05, 3.63) is 41.4 Å². The van der Waals surface area contributed by atoms with Crippen molar-refractivity contribution in [3.63, 3.8) is 0 Å². The van der Waals surface area contributed by atoms with Crippen molar-refractivity contribution in [1.29, 1.82) is 0 Å². The number of likely N-dealkylation sites (tertiary alicyclic amines) is 1. The van der Waals surface area contributed by atoms with Gasteiger partial charge in [0.2, 0.25) is 11.8 Å². The van der Waals surface area contributed by atoms with Gasteiger partial charge in [-0.15, -0.1) is 10.2 Å². The van der Waals surface area contributed by atoms with E-state index < -0.39 is 0 Å². The molecule has 1 N–H and O–H groups in total. The van der Waals surface area contributed by atoms with E-state index in [4.69, 9.17) is 11.6 Å². The summed E-state index contributed by atoms with van der Waals surface area (Å²) in [5.74, 6) is 1.40. The number of thioether (sulfide) groups is 1. The van der Waals surface area contributed by atoms with Crippen LogP contribution in [0.3, 0.4) is 0 Å². The van der Waals surface area contributed by atoms with E-state index in [0.29, 0.717) is 21.6 Å². The molecule has 9 heteroatoms. The molecule has 0 aliphatic carbocycles. The first-order valence-electron chi connectivity index (χ1n) is 11.1. The molecule has 1 aromatic heterocycles. The lowest BCUT2D eigenvalue weighted by Crippen LogP contribution is -2.44. The standard InChI is InChI=1S/C23H28ClN5O2S/c24-18-5-4-6-19(15-18)25-21(30)16-32-22-8-7-20(26-27-22)28-13-9-17(10-14-28)23(31)29-11-2-1-3-12-29/h4-8,15,17H,1-3,9-14,16H2,(H,25,30). The zero-order chi connectivity index (χ0) is 22.3. The topological polar surface area (TPSA) is 78.4 Å². The van der Waals surface area contributed by atoms with Crippen LogP contribution in [0.25, 0.3) is 0 Å². The maximum atomic E-state index is 12.7. The van der Waals surface area contributed by atoms with Gasteiger partial charge in [-0.1, -0.05) is 29.4 Å². The van der Waals surface area contributed by atoms with Gasteiger partial charge in [0.1, 0.15) is 5.03 Å². The number of anilines is 2. The van der Waals surface area contributed by atoms with E-state index in [-0.39, 0.29) is 17.6 Å². The van der Waals surface area contributed by atoms with Crippen LogP contribution in [0.5, 0.6) is 0 Å². The molecule has 0 radical (unpaired) electrons. The second-order valence-corrected chi connectivity index (χ2v) is 9.66. The third kappa shape index (κ3) is 6.13. The molecule has 2 saturated heterocycles. The number of amides is 2. The highest BCUT2D eigenvalue weighted by Crippen LogP contribution is 2.25. The Hall–Kier alpha value is -2.32. The number of nitrogens with zero attached hydrogens (tertiary/aromatic N) is 4. The van der Waals surface area contributed by atoms with Crippen LogP contribution in [0.15, 0.2) is 41.4 Å². The smallest absolute Gasteiger partial charge is 0.234 e. The molecule has 2 amide bonds. The third-order valence-corrected chi connectivity index (χ3v) is 7.08. The van der Waals surface area contributed by atoms with Gasteiger partial charge >= 0.3 is 0 Å². The normalized spacial score (nSPS) is 17.3. The number of hydrogen-bond acceptors (Lipinski definition) is 6. The van der Waals surface area contributed by atoms with Gasteiger partial charge in [-0.05, 0) is 62.4 Å². The molecule has 2 fully saturated rings. The predicted octanol–water partition coefficient (Wildman–Crippen LogP) is 4.09. The highest BCUT2D eigenvalue weighted by Gasteiger charge is 2.29. The van der Waals surface area contributed by atoms with E-state index in [9.17, 15) is 9.59 Å². The number of piperidine rings is 2. The molecule has 7 nitrogen and oxygen atoms in total. The number of halogens is 1. The van der Waals surface area contributed by atoms with Crippen LogP contribution in [0, 0.1) is 5.92 Å². The molecular formula is C23H28ClN5O2S. The van der Waals surface area contributed by atoms with Gasteiger partial charge in [-0.25, -0.2) is 0 Å². The van der Waals surface area contributed by atoms with Gasteiger partial charge < -0.3 is 15.1 Å². The largest absolute Gasteiger partial charge is 0.355 e. The van der Waals surface area contributed by atoms with E-state index in [1.807, 2.05) is 12.1 Å². The van der Waals surface area contributed by atoms with Crippen LogP contribution in [-0.4, -0.2) is 58.8 Å². The average Bonchev–Trinajstić information content (AvgIpc) is 2.83. The SMILES string of the molecule is O=C(CSc1ccc(N2CCC(C(=O)N3CCCCC3)CC2)nn1)Nc1cccc(Cl)c1. The summed E-state index contributed by atoms with van der Waals surface area (Å²) in [5.41, 5.74) is 0.673. The van der Waals surface area contributed by atoms with Gasteiger partial charge in [0.05, 0.1) is 5.75 Å². The van der Waals surface area contributed by atoms with Crippen molar-refractivity contribution in [1.82, 2.24) is 15.1 Å². The summed E-state index contributed by atoms with van der Waals surface area (Å²) < 4.78 is 0. The number of aromatic nitrogens is 2. The van der Waals surface area contributed by atoms with Crippen LogP contribution in [-0.2, 0) is 9.59 Å². The number of hydrogen-bond donors (Lipinski definition) is 1. The molecule has 2 aliphatic rings. The molecule has 4 rings (SSSR count). The van der Waals surface area contributed by atoms with E-state index in [1.165, 1.54) is 18.2 Å². The van der Waals surface area contributed by atoms with Crippen molar-refractivity contribution in [3.8, 4) is 0 Å². The Morgan fingerprint density at radius 1 is 1.03 bits per heavy atom. The zero-order valence-electron chi connectivity index (χ0n) is 18.0. The highest BCUT2D eigenvalue weighted by molar-refractivity contribution is 7.99. The summed E-state index contributed by atoms with van der Waals surface area (Å²) in [5, 5.41) is 12.7. The Labute approximate surface area is 197 Å². The van der Waals surface area contributed by atoms with Crippen LogP contribution in [0.2, 0.25) is 5.02 Å². The Kier molecular flexibility index (Phi) is 7.86. The number of rotatable bonds is 6. The first kappa shape index (κ1) is 22.9. The maximum Gasteiger partial charge on any atom is 0.234 e. The molecule has 0 saturated carbocycles. The summed E-state index contributed by atoms with van der Waals surface area (Å²) in [4.78, 5) is 29.1. The Morgan fingerprint density at radius 3 is 2.50 bits per heavy atom. The number of carbonyl (C=O) groups is 2. The second-order valence-electron chi connectivity index (χ2n) is 8.22. The number of nitrogens with one attached hydrogen (secondary N) is 1. The van der Waals surface area contributed by atoms with Crippen molar-refractivity contribution < 1.29 is 9.59 Å². The Bertz CT molecular complexity index is 928. The van der Waals surface area contributed by atoms with Gasteiger partial charge in [-0.3, -0.25) is 9.59 Å². The zero-order valence-corrected chi connectivity index (χ0v) is 19.6. The van der Waals surface area contributed by atoms with Crippen LogP contribution >= 0.6 is 23.4 Å². The molecule has 0 unspecified atom stereocenters. The van der Waals surface area contributed by atoms with Crippen LogP contribution < -0.4 is 10.2 Å². The lowest BCUT2D eigenvalue weighted by molar-refractivity contribution is -0.137. The minimum atomic E-state index is -0.122. The van der Waals surface area contributed by atoms with E-state index >= 15 is 0 Å². The van der Waals surface area contributed by atoms with Crippen LogP contribution in [0.1, 0.15) is 32.1 Å². The minimum Gasteiger partial charge on any atom is -0.355 e. The van der Waals surface area contributed by atoms with E-state index in [1.54, 1.807) is 24.3 Å². The Morgan fingerprint density at radius 2 is 1.81 bits per heavy atom. The third-order valence-electron chi connectivity index (χ3n) is 5.92. The molecule has 0 atom stereocenters. The van der Waals surface area contributed by atoms with E-state index in [2.05, 4.69) is 25.3 Å². The van der Waals surface area contributed by atoms with Crippen LogP contribution in [0.4, 0.5) is 11.5 Å². The lowest BCUT2D eigenvalue weighted by Gasteiger charge is -2.35. The molecule has 1 aromatic carbocycles. The predicted molar refractivity (Wildman–Crippen MR) is 128 cm³/mol. The summed E-state index contributed by atoms with van der Waals surface area (Å²) in [6, 6.07) is 10.9. The first-order valence-corrected chi connectivity index (χ1v) is 12.5. The minimum absolute atomic E-state index is 0.122. The molecule has 2 aliphatic heterocycles. The van der Waals surface area contributed by atoms with Gasteiger partial charge in [0.15, 0.2) is 5.82 Å². The molecule has 0 bridgehead atoms. The fourth-order valence-electron chi connectivity index (χ4n) is 4.19. The molecule has 170 valence electrons. The van der Waals surface area contributed by atoms with Crippen molar-refractivity contribution in [2.75, 3.05) is 42.1 Å². The second kappa shape index (κ2) is 11.0. The molecule has 32 heavy (non-hydrogen) atoms. The number of carbonyl (C=O) groups excluding carboxylic acids is 2. The first-order chi connectivity index (χ1) is 15.6. The quantitative estimate of drug-likeness (QED) is 0.636. The van der Waals surface area contributed by atoms with Crippen molar-refractivity contribution in [2.24, 2.45) is 5.92 Å². The van der Waals surface area contributed by atoms with Gasteiger partial charge in [0.25, 0.3) is 0 Å². The lowest BCUT2D eigenvalue weighted by atomic mass is 9.94. The molecule has 3 heterocycles. The summed E-state index contributed by atoms with van der Waals surface area (Å²) in [6.45, 7) is 3.46. The number of benzene rings is 1. The summed E-state index contributed by atoms with van der Waals surface area (Å²) in [6.07, 6.45) is 5.22. The average molecular weight is 474 g/mol. The molecule has 0 spiro atoms. The van der Waals surface area contributed by atoms with Crippen molar-refractivity contribution in [2.45, 2.75) is 37.1 Å². The fraction of sp³-hybridized carbons (Fsp3) is 0.478. The monoisotopic (exact) mass is 473 g/mol. The molecule has 2 aromatic rings. The summed E-state index contributed by atoms with van der Waals surface area (Å²) in [7, 11) is 0. The highest BCUT2D eigenvalue weighted by atomic mass is 35.5. The fourth-order valence-corrected chi connectivity index (χ4v) is 4.99. The van der Waals surface area contributed by atoms with Crippen molar-refractivity contribution >= 4 is 46.7 Å². The van der Waals surface area contributed by atoms with E-state index in [0.717, 1.165) is 57.7 Å².